The van der Waals surface area contributed by atoms with Gasteiger partial charge in [-0.1, -0.05) is 30.3 Å². The zero-order valence-electron chi connectivity index (χ0n) is 14.5. The van der Waals surface area contributed by atoms with Gasteiger partial charge in [-0.25, -0.2) is 13.1 Å². The summed E-state index contributed by atoms with van der Waals surface area (Å²) in [4.78, 5) is 0. The lowest BCUT2D eigenvalue weighted by atomic mass is 10.2. The van der Waals surface area contributed by atoms with Crippen LogP contribution in [0.1, 0.15) is 41.4 Å². The third kappa shape index (κ3) is 4.28. The molecule has 24 heavy (non-hydrogen) atoms. The van der Waals surface area contributed by atoms with Crippen molar-refractivity contribution in [2.24, 2.45) is 0 Å². The molecule has 1 heterocycles. The number of aromatic nitrogens is 1. The third-order valence-corrected chi connectivity index (χ3v) is 6.11. The Morgan fingerprint density at radius 1 is 1.12 bits per heavy atom. The van der Waals surface area contributed by atoms with Gasteiger partial charge in [-0.2, -0.15) is 0 Å². The summed E-state index contributed by atoms with van der Waals surface area (Å²) in [6.45, 7) is 4.75. The van der Waals surface area contributed by atoms with Crippen LogP contribution in [0, 0.1) is 13.8 Å². The summed E-state index contributed by atoms with van der Waals surface area (Å²) in [5, 5.41) is 0. The number of nitrogens with zero attached hydrogens (tertiary/aromatic N) is 1. The van der Waals surface area contributed by atoms with Crippen molar-refractivity contribution in [3.8, 4) is 0 Å². The van der Waals surface area contributed by atoms with E-state index in [0.717, 1.165) is 12.0 Å². The summed E-state index contributed by atoms with van der Waals surface area (Å²) >= 11 is 0. The van der Waals surface area contributed by atoms with E-state index >= 15 is 0 Å². The highest BCUT2D eigenvalue weighted by atomic mass is 32.2. The van der Waals surface area contributed by atoms with Gasteiger partial charge in [0.1, 0.15) is 0 Å². The fourth-order valence-electron chi connectivity index (χ4n) is 3.30. The van der Waals surface area contributed by atoms with E-state index in [4.69, 9.17) is 0 Å². The minimum Gasteiger partial charge on any atom is -0.346 e. The number of sulfonamides is 1. The van der Waals surface area contributed by atoms with Gasteiger partial charge in [0.05, 0.1) is 5.75 Å². The van der Waals surface area contributed by atoms with E-state index in [1.807, 2.05) is 30.3 Å². The van der Waals surface area contributed by atoms with Crippen LogP contribution in [0.5, 0.6) is 0 Å². The molecule has 1 aliphatic rings. The van der Waals surface area contributed by atoms with Gasteiger partial charge < -0.3 is 4.57 Å². The molecule has 3 rings (SSSR count). The molecule has 5 heteroatoms. The normalized spacial score (nSPS) is 14.9. The molecule has 4 nitrogen and oxygen atoms in total. The second kappa shape index (κ2) is 7.11. The molecule has 1 aliphatic carbocycles. The Morgan fingerprint density at radius 2 is 1.83 bits per heavy atom. The Hall–Kier alpha value is -1.59. The number of rotatable bonds is 8. The Labute approximate surface area is 144 Å². The molecular weight excluding hydrogens is 320 g/mol. The fourth-order valence-corrected chi connectivity index (χ4v) is 4.37. The van der Waals surface area contributed by atoms with E-state index in [2.05, 4.69) is 29.2 Å². The molecule has 0 amide bonds. The molecule has 1 saturated carbocycles. The minimum atomic E-state index is -3.23. The smallest absolute Gasteiger partial charge is 0.211 e. The predicted molar refractivity (Wildman–Crippen MR) is 97.8 cm³/mol. The second-order valence-corrected chi connectivity index (χ2v) is 8.62. The molecule has 1 aromatic heterocycles. The number of hydrogen-bond donors (Lipinski definition) is 1. The van der Waals surface area contributed by atoms with Crippen molar-refractivity contribution < 1.29 is 8.42 Å². The summed E-state index contributed by atoms with van der Waals surface area (Å²) in [6, 6.07) is 12.6. The molecule has 130 valence electrons. The van der Waals surface area contributed by atoms with Crippen LogP contribution < -0.4 is 4.72 Å². The van der Waals surface area contributed by atoms with Crippen molar-refractivity contribution in [1.29, 1.82) is 0 Å². The summed E-state index contributed by atoms with van der Waals surface area (Å²) in [6.07, 6.45) is 3.83. The maximum absolute atomic E-state index is 12.2. The molecule has 0 bridgehead atoms. The first-order chi connectivity index (χ1) is 11.5. The monoisotopic (exact) mass is 346 g/mol. The van der Waals surface area contributed by atoms with E-state index in [1.165, 1.54) is 29.8 Å². The third-order valence-electron chi connectivity index (χ3n) is 4.72. The van der Waals surface area contributed by atoms with Crippen LogP contribution >= 0.6 is 0 Å². The van der Waals surface area contributed by atoms with Gasteiger partial charge in [-0.05, 0) is 56.7 Å². The lowest BCUT2D eigenvalue weighted by molar-refractivity contribution is 0.580. The zero-order chi connectivity index (χ0) is 17.2. The van der Waals surface area contributed by atoms with Crippen molar-refractivity contribution in [1.82, 2.24) is 9.29 Å². The van der Waals surface area contributed by atoms with Crippen LogP contribution in [0.25, 0.3) is 0 Å². The van der Waals surface area contributed by atoms with Gasteiger partial charge in [0, 0.05) is 24.0 Å². The molecule has 1 aromatic carbocycles. The molecule has 0 spiro atoms. The second-order valence-electron chi connectivity index (χ2n) is 6.70. The van der Waals surface area contributed by atoms with E-state index in [0.29, 0.717) is 19.0 Å². The summed E-state index contributed by atoms with van der Waals surface area (Å²) < 4.78 is 29.4. The van der Waals surface area contributed by atoms with Gasteiger partial charge in [0.15, 0.2) is 0 Å². The average molecular weight is 346 g/mol. The number of hydrogen-bond acceptors (Lipinski definition) is 2. The number of aryl methyl sites for hydroxylation is 2. The maximum Gasteiger partial charge on any atom is 0.211 e. The van der Waals surface area contributed by atoms with E-state index in [1.54, 1.807) is 0 Å². The average Bonchev–Trinajstić information content (AvgIpc) is 3.34. The van der Waals surface area contributed by atoms with E-state index in [9.17, 15) is 8.42 Å². The first-order valence-electron chi connectivity index (χ1n) is 8.65. The van der Waals surface area contributed by atoms with Crippen LogP contribution in [-0.2, 0) is 22.9 Å². The molecule has 0 unspecified atom stereocenters. The fraction of sp³-hybridized carbons (Fsp3) is 0.474. The Morgan fingerprint density at radius 3 is 2.50 bits per heavy atom. The van der Waals surface area contributed by atoms with Crippen molar-refractivity contribution in [3.63, 3.8) is 0 Å². The predicted octanol–water partition coefficient (Wildman–Crippen LogP) is 3.14. The summed E-state index contributed by atoms with van der Waals surface area (Å²) in [5.41, 5.74) is 4.89. The highest BCUT2D eigenvalue weighted by Gasteiger charge is 2.26. The molecule has 0 saturated heterocycles. The van der Waals surface area contributed by atoms with Crippen molar-refractivity contribution >= 4 is 10.0 Å². The summed E-state index contributed by atoms with van der Waals surface area (Å²) in [7, 11) is -3.23. The molecule has 2 aromatic rings. The van der Waals surface area contributed by atoms with Crippen LogP contribution in [0.4, 0.5) is 0 Å². The minimum absolute atomic E-state index is 0.137. The van der Waals surface area contributed by atoms with Crippen LogP contribution in [-0.4, -0.2) is 25.3 Å². The van der Waals surface area contributed by atoms with Crippen LogP contribution in [0.3, 0.4) is 0 Å². The van der Waals surface area contributed by atoms with Crippen LogP contribution in [0.2, 0.25) is 0 Å². The quantitative estimate of drug-likeness (QED) is 0.798. The molecule has 1 fully saturated rings. The number of benzene rings is 1. The maximum atomic E-state index is 12.2. The van der Waals surface area contributed by atoms with E-state index < -0.39 is 10.0 Å². The molecule has 0 atom stereocenters. The SMILES string of the molecule is Cc1cc(CCNS(=O)(=O)CCc2ccccc2)c(C)n1C1CC1. The van der Waals surface area contributed by atoms with Crippen LogP contribution in [0.15, 0.2) is 36.4 Å². The topological polar surface area (TPSA) is 51.1 Å². The first-order valence-corrected chi connectivity index (χ1v) is 10.3. The standard InChI is InChI=1S/C19H26N2O2S/c1-15-14-18(16(2)21(15)19-8-9-19)10-12-20-24(22,23)13-11-17-6-4-3-5-7-17/h3-7,14,19-20H,8-13H2,1-2H3. The lowest BCUT2D eigenvalue weighted by Crippen LogP contribution is -2.29. The zero-order valence-corrected chi connectivity index (χ0v) is 15.3. The molecule has 0 aliphatic heterocycles. The van der Waals surface area contributed by atoms with E-state index in [-0.39, 0.29) is 5.75 Å². The van der Waals surface area contributed by atoms with Gasteiger partial charge >= 0.3 is 0 Å². The van der Waals surface area contributed by atoms with Gasteiger partial charge in [-0.3, -0.25) is 0 Å². The molecule has 1 N–H and O–H groups in total. The lowest BCUT2D eigenvalue weighted by Gasteiger charge is -2.09. The van der Waals surface area contributed by atoms with Gasteiger partial charge in [0.2, 0.25) is 10.0 Å². The Kier molecular flexibility index (Phi) is 5.11. The first kappa shape index (κ1) is 17.2. The highest BCUT2D eigenvalue weighted by Crippen LogP contribution is 2.38. The summed E-state index contributed by atoms with van der Waals surface area (Å²) in [5.74, 6) is 0.137. The van der Waals surface area contributed by atoms with Gasteiger partial charge in [0.25, 0.3) is 0 Å². The van der Waals surface area contributed by atoms with Crippen molar-refractivity contribution in [3.05, 3.63) is 58.9 Å². The molecular formula is C19H26N2O2S. The van der Waals surface area contributed by atoms with Gasteiger partial charge in [-0.15, -0.1) is 0 Å². The largest absolute Gasteiger partial charge is 0.346 e. The van der Waals surface area contributed by atoms with Crippen molar-refractivity contribution in [2.45, 2.75) is 45.6 Å². The van der Waals surface area contributed by atoms with Crippen molar-refractivity contribution in [2.75, 3.05) is 12.3 Å². The highest BCUT2D eigenvalue weighted by molar-refractivity contribution is 7.89. The molecule has 0 radical (unpaired) electrons. The number of nitrogens with one attached hydrogen (secondary N) is 1. The Balaban J connectivity index is 1.51. The Bertz CT molecular complexity index is 790.